The largest absolute Gasteiger partial charge is 0.380 e. The molecule has 0 bridgehead atoms. The van der Waals surface area contributed by atoms with E-state index >= 15 is 0 Å². The highest BCUT2D eigenvalue weighted by molar-refractivity contribution is 7.89. The van der Waals surface area contributed by atoms with Crippen LogP contribution < -0.4 is 10.9 Å². The quantitative estimate of drug-likeness (QED) is 0.745. The van der Waals surface area contributed by atoms with Crippen LogP contribution in [0.3, 0.4) is 0 Å². The summed E-state index contributed by atoms with van der Waals surface area (Å²) in [6.45, 7) is 0.600. The number of H-pyrrole nitrogens is 1. The summed E-state index contributed by atoms with van der Waals surface area (Å²) >= 11 is 0. The van der Waals surface area contributed by atoms with Crippen LogP contribution in [0.1, 0.15) is 11.1 Å². The smallest absolute Gasteiger partial charge is 0.272 e. The third kappa shape index (κ3) is 2.32. The van der Waals surface area contributed by atoms with Gasteiger partial charge in [-0.25, -0.2) is 8.42 Å². The highest BCUT2D eigenvalue weighted by Crippen LogP contribution is 2.39. The minimum atomic E-state index is -3.11. The molecule has 3 aromatic rings. The molecule has 0 fully saturated rings. The SMILES string of the molecule is Cn1cc2c3c(c[nH]c(=O)c31)CNc1ccc(CS(C)(=O)=O)cc1-2. The maximum atomic E-state index is 12.2. The third-order valence-electron chi connectivity index (χ3n) is 4.37. The number of aryl methyl sites for hydroxylation is 1. The molecule has 0 saturated carbocycles. The number of benzene rings is 1. The lowest BCUT2D eigenvalue weighted by atomic mass is 10.0. The van der Waals surface area contributed by atoms with E-state index in [4.69, 9.17) is 0 Å². The number of anilines is 1. The average molecular weight is 343 g/mol. The summed E-state index contributed by atoms with van der Waals surface area (Å²) in [7, 11) is -1.26. The fourth-order valence-corrected chi connectivity index (χ4v) is 4.20. The van der Waals surface area contributed by atoms with Gasteiger partial charge >= 0.3 is 0 Å². The lowest BCUT2D eigenvalue weighted by Crippen LogP contribution is -2.11. The van der Waals surface area contributed by atoms with Crippen LogP contribution in [-0.2, 0) is 29.2 Å². The van der Waals surface area contributed by atoms with Gasteiger partial charge in [0.2, 0.25) is 0 Å². The summed E-state index contributed by atoms with van der Waals surface area (Å²) in [5.41, 5.74) is 5.06. The molecule has 0 unspecified atom stereocenters. The molecule has 124 valence electrons. The molecule has 0 atom stereocenters. The highest BCUT2D eigenvalue weighted by atomic mass is 32.2. The van der Waals surface area contributed by atoms with Crippen LogP contribution in [0.2, 0.25) is 0 Å². The van der Waals surface area contributed by atoms with E-state index in [1.54, 1.807) is 6.20 Å². The topological polar surface area (TPSA) is 84.0 Å². The van der Waals surface area contributed by atoms with E-state index in [-0.39, 0.29) is 11.3 Å². The molecule has 0 saturated heterocycles. The van der Waals surface area contributed by atoms with Crippen LogP contribution in [-0.4, -0.2) is 24.2 Å². The number of aromatic amines is 1. The predicted molar refractivity (Wildman–Crippen MR) is 94.9 cm³/mol. The summed E-state index contributed by atoms with van der Waals surface area (Å²) in [6, 6.07) is 5.63. The van der Waals surface area contributed by atoms with E-state index in [0.717, 1.165) is 33.3 Å². The van der Waals surface area contributed by atoms with Crippen molar-refractivity contribution in [2.24, 2.45) is 7.05 Å². The van der Waals surface area contributed by atoms with E-state index in [1.165, 1.54) is 6.26 Å². The zero-order valence-electron chi connectivity index (χ0n) is 13.4. The third-order valence-corrected chi connectivity index (χ3v) is 5.23. The Labute approximate surface area is 139 Å². The second kappa shape index (κ2) is 4.98. The number of nitrogens with zero attached hydrogens (tertiary/aromatic N) is 1. The van der Waals surface area contributed by atoms with Gasteiger partial charge in [-0.3, -0.25) is 4.79 Å². The van der Waals surface area contributed by atoms with Crippen molar-refractivity contribution in [3.63, 3.8) is 0 Å². The lowest BCUT2D eigenvalue weighted by molar-refractivity contribution is 0.601. The van der Waals surface area contributed by atoms with E-state index < -0.39 is 9.84 Å². The van der Waals surface area contributed by atoms with Crippen LogP contribution in [0, 0.1) is 0 Å². The minimum Gasteiger partial charge on any atom is -0.380 e. The molecule has 3 heterocycles. The van der Waals surface area contributed by atoms with Crippen LogP contribution >= 0.6 is 0 Å². The van der Waals surface area contributed by atoms with E-state index in [9.17, 15) is 13.2 Å². The van der Waals surface area contributed by atoms with Gasteiger partial charge in [-0.1, -0.05) is 6.07 Å². The Morgan fingerprint density at radius 1 is 1.25 bits per heavy atom. The van der Waals surface area contributed by atoms with Crippen molar-refractivity contribution < 1.29 is 8.42 Å². The van der Waals surface area contributed by atoms with E-state index in [1.807, 2.05) is 36.0 Å². The maximum Gasteiger partial charge on any atom is 0.272 e. The Balaban J connectivity index is 2.02. The fraction of sp³-hybridized carbons (Fsp3) is 0.235. The molecule has 1 aliphatic rings. The van der Waals surface area contributed by atoms with Gasteiger partial charge < -0.3 is 14.9 Å². The van der Waals surface area contributed by atoms with Crippen LogP contribution in [0.15, 0.2) is 35.4 Å². The van der Waals surface area contributed by atoms with E-state index in [0.29, 0.717) is 12.1 Å². The summed E-state index contributed by atoms with van der Waals surface area (Å²) < 4.78 is 25.0. The molecule has 1 aromatic carbocycles. The summed E-state index contributed by atoms with van der Waals surface area (Å²) in [5, 5.41) is 4.29. The van der Waals surface area contributed by atoms with Crippen molar-refractivity contribution in [1.82, 2.24) is 9.55 Å². The van der Waals surface area contributed by atoms with Crippen molar-refractivity contribution >= 4 is 26.4 Å². The number of nitrogens with one attached hydrogen (secondary N) is 2. The first-order valence-electron chi connectivity index (χ1n) is 7.58. The second-order valence-electron chi connectivity index (χ2n) is 6.32. The molecule has 2 aromatic heterocycles. The molecule has 24 heavy (non-hydrogen) atoms. The normalized spacial score (nSPS) is 13.4. The number of pyridine rings is 1. The molecular formula is C17H17N3O3S. The van der Waals surface area contributed by atoms with Crippen LogP contribution in [0.5, 0.6) is 0 Å². The molecule has 7 heteroatoms. The molecule has 0 amide bonds. The number of hydrogen-bond acceptors (Lipinski definition) is 4. The van der Waals surface area contributed by atoms with Crippen molar-refractivity contribution in [2.75, 3.05) is 11.6 Å². The van der Waals surface area contributed by atoms with E-state index in [2.05, 4.69) is 10.3 Å². The first-order chi connectivity index (χ1) is 11.3. The Kier molecular flexibility index (Phi) is 3.11. The van der Waals surface area contributed by atoms with Crippen molar-refractivity contribution in [3.05, 3.63) is 52.1 Å². The van der Waals surface area contributed by atoms with Crippen molar-refractivity contribution in [3.8, 4) is 11.1 Å². The predicted octanol–water partition coefficient (Wildman–Crippen LogP) is 2.00. The lowest BCUT2D eigenvalue weighted by Gasteiger charge is -2.10. The molecule has 0 aliphatic carbocycles. The van der Waals surface area contributed by atoms with Gasteiger partial charge in [0.05, 0.1) is 5.75 Å². The van der Waals surface area contributed by atoms with Gasteiger partial charge in [0.1, 0.15) is 5.52 Å². The fourth-order valence-electron chi connectivity index (χ4n) is 3.41. The first kappa shape index (κ1) is 15.0. The maximum absolute atomic E-state index is 12.2. The Bertz CT molecular complexity index is 1140. The van der Waals surface area contributed by atoms with Crippen LogP contribution in [0.4, 0.5) is 5.69 Å². The minimum absolute atomic E-state index is 0.00150. The number of fused-ring (bicyclic) bond motifs is 2. The van der Waals surface area contributed by atoms with Gasteiger partial charge in [0, 0.05) is 54.4 Å². The Hall–Kier alpha value is -2.54. The molecular weight excluding hydrogens is 326 g/mol. The Morgan fingerprint density at radius 3 is 2.79 bits per heavy atom. The van der Waals surface area contributed by atoms with Gasteiger partial charge in [-0.2, -0.15) is 0 Å². The molecule has 6 nitrogen and oxygen atoms in total. The van der Waals surface area contributed by atoms with Gasteiger partial charge in [0.15, 0.2) is 9.84 Å². The Morgan fingerprint density at radius 2 is 2.04 bits per heavy atom. The zero-order chi connectivity index (χ0) is 17.1. The summed E-state index contributed by atoms with van der Waals surface area (Å²) in [6.07, 6.45) is 4.90. The molecule has 4 rings (SSSR count). The van der Waals surface area contributed by atoms with Crippen LogP contribution in [0.25, 0.3) is 22.0 Å². The van der Waals surface area contributed by atoms with Crippen molar-refractivity contribution in [1.29, 1.82) is 0 Å². The van der Waals surface area contributed by atoms with Gasteiger partial charge in [-0.15, -0.1) is 0 Å². The number of rotatable bonds is 2. The molecule has 1 aliphatic heterocycles. The average Bonchev–Trinajstić information content (AvgIpc) is 2.77. The molecule has 0 radical (unpaired) electrons. The second-order valence-corrected chi connectivity index (χ2v) is 8.46. The van der Waals surface area contributed by atoms with Gasteiger partial charge in [0.25, 0.3) is 5.56 Å². The van der Waals surface area contributed by atoms with Crippen molar-refractivity contribution in [2.45, 2.75) is 12.3 Å². The molecule has 2 N–H and O–H groups in total. The monoisotopic (exact) mass is 343 g/mol. The number of aromatic nitrogens is 2. The van der Waals surface area contributed by atoms with Gasteiger partial charge in [-0.05, 0) is 23.3 Å². The summed E-state index contributed by atoms with van der Waals surface area (Å²) in [4.78, 5) is 15.0. The highest BCUT2D eigenvalue weighted by Gasteiger charge is 2.21. The number of hydrogen-bond donors (Lipinski definition) is 2. The number of sulfone groups is 1. The summed E-state index contributed by atoms with van der Waals surface area (Å²) in [5.74, 6) is -0.00150. The standard InChI is InChI=1S/C17H17N3O3S/c1-20-8-13-12-5-10(9-24(2,22)23)3-4-14(12)18-6-11-7-19-17(21)16(20)15(11)13/h3-5,7-8,18H,6,9H2,1-2H3,(H,19,21). The zero-order valence-corrected chi connectivity index (χ0v) is 14.2. The first-order valence-corrected chi connectivity index (χ1v) is 9.64. The molecule has 0 spiro atoms.